The molecule has 10 heteroatoms. The highest BCUT2D eigenvalue weighted by molar-refractivity contribution is 5.92. The summed E-state index contributed by atoms with van der Waals surface area (Å²) in [7, 11) is 0. The average Bonchev–Trinajstić information content (AvgIpc) is 3.29. The number of aromatic nitrogens is 3. The van der Waals surface area contributed by atoms with E-state index in [9.17, 15) is 15.0 Å². The summed E-state index contributed by atoms with van der Waals surface area (Å²) in [6.07, 6.45) is 0. The van der Waals surface area contributed by atoms with Gasteiger partial charge in [0, 0.05) is 31.7 Å². The Labute approximate surface area is 216 Å². The first-order chi connectivity index (χ1) is 17.8. The van der Waals surface area contributed by atoms with Crippen LogP contribution in [0, 0.1) is 0 Å². The van der Waals surface area contributed by atoms with Gasteiger partial charge >= 0.3 is 0 Å². The van der Waals surface area contributed by atoms with Crippen LogP contribution >= 0.6 is 0 Å². The molecule has 198 valence electrons. The van der Waals surface area contributed by atoms with Gasteiger partial charge in [-0.1, -0.05) is 26.0 Å². The van der Waals surface area contributed by atoms with Crippen molar-refractivity contribution in [2.45, 2.75) is 39.7 Å². The van der Waals surface area contributed by atoms with Crippen LogP contribution in [0.1, 0.15) is 49.8 Å². The van der Waals surface area contributed by atoms with Gasteiger partial charge in [0.15, 0.2) is 5.82 Å². The highest BCUT2D eigenvalue weighted by Crippen LogP contribution is 2.39. The average molecular weight is 510 g/mol. The smallest absolute Gasteiger partial charge is 0.289 e. The first-order valence-corrected chi connectivity index (χ1v) is 12.6. The number of phenols is 2. The molecule has 3 N–H and O–H groups in total. The number of hydrogen-bond donors (Lipinski definition) is 3. The topological polar surface area (TPSA) is 122 Å². The largest absolute Gasteiger partial charge is 0.508 e. The maximum absolute atomic E-state index is 13.1. The number of morpholine rings is 1. The van der Waals surface area contributed by atoms with Crippen molar-refractivity contribution in [1.82, 2.24) is 25.0 Å². The van der Waals surface area contributed by atoms with Crippen molar-refractivity contribution in [3.63, 3.8) is 0 Å². The van der Waals surface area contributed by atoms with E-state index in [0.717, 1.165) is 19.6 Å². The summed E-state index contributed by atoms with van der Waals surface area (Å²) < 4.78 is 13.2. The van der Waals surface area contributed by atoms with Crippen LogP contribution in [0.3, 0.4) is 0 Å². The van der Waals surface area contributed by atoms with Gasteiger partial charge in [-0.3, -0.25) is 14.3 Å². The van der Waals surface area contributed by atoms with Crippen LogP contribution in [0.2, 0.25) is 0 Å². The summed E-state index contributed by atoms with van der Waals surface area (Å²) in [6.45, 7) is 11.9. The number of phenolic OH excluding ortho intramolecular Hbond substituents is 2. The summed E-state index contributed by atoms with van der Waals surface area (Å²) >= 11 is 0. The maximum atomic E-state index is 13.1. The summed E-state index contributed by atoms with van der Waals surface area (Å²) in [5.41, 5.74) is 1.56. The Morgan fingerprint density at radius 2 is 1.81 bits per heavy atom. The number of carbonyl (C=O) groups excluding carboxylic acids is 1. The van der Waals surface area contributed by atoms with Crippen molar-refractivity contribution in [3.8, 4) is 34.3 Å². The van der Waals surface area contributed by atoms with Crippen LogP contribution in [-0.4, -0.2) is 81.3 Å². The number of amides is 1. The van der Waals surface area contributed by atoms with Gasteiger partial charge in [-0.2, -0.15) is 0 Å². The van der Waals surface area contributed by atoms with E-state index in [0.29, 0.717) is 42.4 Å². The third-order valence-electron chi connectivity index (χ3n) is 6.17. The highest BCUT2D eigenvalue weighted by atomic mass is 16.5. The molecule has 1 aromatic heterocycles. The molecular formula is C27H35N5O5. The number of ether oxygens (including phenoxy) is 2. The van der Waals surface area contributed by atoms with E-state index in [4.69, 9.17) is 9.47 Å². The Morgan fingerprint density at radius 3 is 2.51 bits per heavy atom. The number of rotatable bonds is 9. The minimum Gasteiger partial charge on any atom is -0.508 e. The molecule has 1 saturated heterocycles. The molecule has 2 heterocycles. The minimum atomic E-state index is -0.403. The third-order valence-corrected chi connectivity index (χ3v) is 6.17. The Balaban J connectivity index is 1.77. The minimum absolute atomic E-state index is 0.00441. The van der Waals surface area contributed by atoms with E-state index < -0.39 is 5.91 Å². The first kappa shape index (κ1) is 26.4. The van der Waals surface area contributed by atoms with Gasteiger partial charge in [0.1, 0.15) is 23.9 Å². The predicted octanol–water partition coefficient (Wildman–Crippen LogP) is 3.32. The SMILES string of the molecule is CC(C)NC(=O)c1nnc(-c2cc(C(C)C)c(O)cc2O)n1-c1ccccc1OCCN1CCOCC1. The molecule has 37 heavy (non-hydrogen) atoms. The maximum Gasteiger partial charge on any atom is 0.289 e. The molecular weight excluding hydrogens is 474 g/mol. The van der Waals surface area contributed by atoms with E-state index in [-0.39, 0.29) is 35.1 Å². The number of nitrogens with zero attached hydrogens (tertiary/aromatic N) is 4. The lowest BCUT2D eigenvalue weighted by atomic mass is 9.98. The van der Waals surface area contributed by atoms with Crippen molar-refractivity contribution < 1.29 is 24.5 Å². The van der Waals surface area contributed by atoms with E-state index in [2.05, 4.69) is 20.4 Å². The Hall–Kier alpha value is -3.63. The van der Waals surface area contributed by atoms with Crippen LogP contribution in [0.25, 0.3) is 17.1 Å². The van der Waals surface area contributed by atoms with Crippen molar-refractivity contribution in [2.24, 2.45) is 0 Å². The number of para-hydroxylation sites is 2. The second kappa shape index (κ2) is 11.6. The molecule has 0 spiro atoms. The van der Waals surface area contributed by atoms with E-state index in [1.165, 1.54) is 6.07 Å². The second-order valence-corrected chi connectivity index (χ2v) is 9.66. The fourth-order valence-corrected chi connectivity index (χ4v) is 4.27. The van der Waals surface area contributed by atoms with Crippen molar-refractivity contribution in [2.75, 3.05) is 39.5 Å². The molecule has 0 unspecified atom stereocenters. The van der Waals surface area contributed by atoms with Crippen LogP contribution < -0.4 is 10.1 Å². The number of nitrogens with one attached hydrogen (secondary N) is 1. The van der Waals surface area contributed by atoms with Gasteiger partial charge in [0.05, 0.1) is 24.5 Å². The van der Waals surface area contributed by atoms with E-state index in [1.54, 1.807) is 10.6 Å². The fourth-order valence-electron chi connectivity index (χ4n) is 4.27. The summed E-state index contributed by atoms with van der Waals surface area (Å²) in [4.78, 5) is 15.4. The first-order valence-electron chi connectivity index (χ1n) is 12.6. The van der Waals surface area contributed by atoms with Gasteiger partial charge in [0.2, 0.25) is 5.82 Å². The van der Waals surface area contributed by atoms with Gasteiger partial charge in [-0.05, 0) is 43.5 Å². The lowest BCUT2D eigenvalue weighted by Gasteiger charge is -2.26. The molecule has 0 saturated carbocycles. The van der Waals surface area contributed by atoms with Crippen molar-refractivity contribution >= 4 is 5.91 Å². The molecule has 0 bridgehead atoms. The quantitative estimate of drug-likeness (QED) is 0.402. The zero-order valence-corrected chi connectivity index (χ0v) is 21.8. The zero-order valence-electron chi connectivity index (χ0n) is 21.8. The molecule has 1 amide bonds. The van der Waals surface area contributed by atoms with Crippen LogP contribution in [0.15, 0.2) is 36.4 Å². The zero-order chi connectivity index (χ0) is 26.5. The second-order valence-electron chi connectivity index (χ2n) is 9.66. The normalized spacial score (nSPS) is 14.3. The lowest BCUT2D eigenvalue weighted by Crippen LogP contribution is -2.38. The van der Waals surface area contributed by atoms with Gasteiger partial charge in [0.25, 0.3) is 5.91 Å². The fraction of sp³-hybridized carbons (Fsp3) is 0.444. The van der Waals surface area contributed by atoms with E-state index in [1.807, 2.05) is 52.0 Å². The lowest BCUT2D eigenvalue weighted by molar-refractivity contribution is 0.0322. The summed E-state index contributed by atoms with van der Waals surface area (Å²) in [6, 6.07) is 10.2. The molecule has 0 atom stereocenters. The number of aromatic hydroxyl groups is 2. The Bertz CT molecular complexity index is 1230. The highest BCUT2D eigenvalue weighted by Gasteiger charge is 2.26. The van der Waals surface area contributed by atoms with Gasteiger partial charge in [-0.25, -0.2) is 0 Å². The monoisotopic (exact) mass is 509 g/mol. The van der Waals surface area contributed by atoms with E-state index >= 15 is 0 Å². The van der Waals surface area contributed by atoms with Crippen LogP contribution in [0.5, 0.6) is 17.2 Å². The molecule has 4 rings (SSSR count). The summed E-state index contributed by atoms with van der Waals surface area (Å²) in [5.74, 6) is 0.292. The van der Waals surface area contributed by atoms with Gasteiger partial charge in [-0.15, -0.1) is 10.2 Å². The summed E-state index contributed by atoms with van der Waals surface area (Å²) in [5, 5.41) is 32.5. The van der Waals surface area contributed by atoms with Crippen LogP contribution in [-0.2, 0) is 4.74 Å². The predicted molar refractivity (Wildman–Crippen MR) is 140 cm³/mol. The molecule has 2 aromatic carbocycles. The number of benzene rings is 2. The molecule has 3 aromatic rings. The molecule has 1 aliphatic rings. The standard InChI is InChI=1S/C27H35N5O5/c1-17(2)19-15-20(23(34)16-22(19)33)25-29-30-26(27(35)28-18(3)4)32(25)21-7-5-6-8-24(21)37-14-11-31-9-12-36-13-10-31/h5-8,15-18,33-34H,9-14H2,1-4H3,(H,28,35). The number of hydrogen-bond acceptors (Lipinski definition) is 8. The molecule has 0 radical (unpaired) electrons. The van der Waals surface area contributed by atoms with Gasteiger partial charge < -0.3 is 25.0 Å². The molecule has 0 aliphatic carbocycles. The van der Waals surface area contributed by atoms with Crippen molar-refractivity contribution in [3.05, 3.63) is 47.8 Å². The molecule has 1 aliphatic heterocycles. The van der Waals surface area contributed by atoms with Crippen LogP contribution in [0.4, 0.5) is 0 Å². The Morgan fingerprint density at radius 1 is 1.08 bits per heavy atom. The third kappa shape index (κ3) is 6.03. The Kier molecular flexibility index (Phi) is 8.30. The number of carbonyl (C=O) groups is 1. The molecule has 10 nitrogen and oxygen atoms in total. The molecule has 1 fully saturated rings. The van der Waals surface area contributed by atoms with Crippen molar-refractivity contribution in [1.29, 1.82) is 0 Å².